The van der Waals surface area contributed by atoms with Gasteiger partial charge in [0.1, 0.15) is 17.5 Å². The number of methoxy groups -OCH3 is 1. The molecule has 5 N–H and O–H groups in total. The van der Waals surface area contributed by atoms with E-state index in [4.69, 9.17) is 10.5 Å². The van der Waals surface area contributed by atoms with Gasteiger partial charge in [0.15, 0.2) is 0 Å². The average Bonchev–Trinajstić information content (AvgIpc) is 3.62. The van der Waals surface area contributed by atoms with Crippen molar-refractivity contribution in [3.63, 3.8) is 0 Å². The number of ether oxygens (including phenoxy) is 1. The van der Waals surface area contributed by atoms with Crippen LogP contribution in [0.25, 0.3) is 10.9 Å². The Bertz CT molecular complexity index is 1400. The molecule has 0 unspecified atom stereocenters. The lowest BCUT2D eigenvalue weighted by Crippen LogP contribution is -2.48. The second kappa shape index (κ2) is 12.3. The van der Waals surface area contributed by atoms with Gasteiger partial charge in [0.05, 0.1) is 13.8 Å². The zero-order chi connectivity index (χ0) is 29.1. The number of carbonyl (C=O) groups excluding carboxylic acids is 2. The lowest BCUT2D eigenvalue weighted by Gasteiger charge is -2.35. The number of hydrogen-bond acceptors (Lipinski definition) is 5. The number of aromatic carboxylic acids is 1. The SMILES string of the molecule is COc1ccc([C@H]2CCN(C(=O)[C@H]3CC[C@H]([C@H](N)CCF)CC3)[C@@H]2C(=O)Nc2ccc3[nH]c(C(=O)O)cc3c2)cc1. The largest absolute Gasteiger partial charge is 0.497 e. The van der Waals surface area contributed by atoms with Crippen LogP contribution < -0.4 is 15.8 Å². The summed E-state index contributed by atoms with van der Waals surface area (Å²) in [6, 6.07) is 13.4. The number of likely N-dealkylation sites (tertiary alicyclic amines) is 1. The van der Waals surface area contributed by atoms with Gasteiger partial charge in [-0.2, -0.15) is 0 Å². The van der Waals surface area contributed by atoms with Crippen molar-refractivity contribution in [3.8, 4) is 5.75 Å². The van der Waals surface area contributed by atoms with Crippen molar-refractivity contribution in [1.29, 1.82) is 0 Å². The molecule has 41 heavy (non-hydrogen) atoms. The van der Waals surface area contributed by atoms with Crippen molar-refractivity contribution in [3.05, 3.63) is 59.8 Å². The highest BCUT2D eigenvalue weighted by Crippen LogP contribution is 2.39. The van der Waals surface area contributed by atoms with Gasteiger partial charge in [-0.3, -0.25) is 14.0 Å². The van der Waals surface area contributed by atoms with Gasteiger partial charge in [-0.05, 0) is 86.4 Å². The predicted octanol–water partition coefficient (Wildman–Crippen LogP) is 4.69. The monoisotopic (exact) mass is 564 g/mol. The Morgan fingerprint density at radius 3 is 2.49 bits per heavy atom. The first-order chi connectivity index (χ1) is 19.8. The van der Waals surface area contributed by atoms with Gasteiger partial charge >= 0.3 is 5.97 Å². The van der Waals surface area contributed by atoms with Crippen LogP contribution in [0.2, 0.25) is 0 Å². The number of alkyl halides is 1. The van der Waals surface area contributed by atoms with Crippen molar-refractivity contribution >= 4 is 34.4 Å². The van der Waals surface area contributed by atoms with E-state index < -0.39 is 18.7 Å². The van der Waals surface area contributed by atoms with Crippen LogP contribution in [0.4, 0.5) is 10.1 Å². The van der Waals surface area contributed by atoms with Crippen LogP contribution >= 0.6 is 0 Å². The van der Waals surface area contributed by atoms with E-state index in [0.29, 0.717) is 54.6 Å². The van der Waals surface area contributed by atoms with E-state index in [9.17, 15) is 23.9 Å². The van der Waals surface area contributed by atoms with Gasteiger partial charge in [0, 0.05) is 41.0 Å². The molecule has 1 saturated heterocycles. The van der Waals surface area contributed by atoms with E-state index in [1.54, 1.807) is 30.2 Å². The third kappa shape index (κ3) is 6.07. The number of hydrogen-bond donors (Lipinski definition) is 4. The zero-order valence-electron chi connectivity index (χ0n) is 23.1. The second-order valence-corrected chi connectivity index (χ2v) is 11.2. The predicted molar refractivity (Wildman–Crippen MR) is 154 cm³/mol. The molecule has 1 saturated carbocycles. The summed E-state index contributed by atoms with van der Waals surface area (Å²) in [5.41, 5.74) is 8.35. The lowest BCUT2D eigenvalue weighted by molar-refractivity contribution is -0.141. The molecule has 2 aromatic carbocycles. The third-order valence-electron chi connectivity index (χ3n) is 8.78. The Hall–Kier alpha value is -3.92. The van der Waals surface area contributed by atoms with Crippen LogP contribution in [-0.2, 0) is 9.59 Å². The maximum Gasteiger partial charge on any atom is 0.352 e. The number of nitrogens with zero attached hydrogens (tertiary/aromatic N) is 1. The summed E-state index contributed by atoms with van der Waals surface area (Å²) in [6.45, 7) is 0.0306. The molecule has 1 aromatic heterocycles. The van der Waals surface area contributed by atoms with Crippen molar-refractivity contribution in [1.82, 2.24) is 9.88 Å². The highest BCUT2D eigenvalue weighted by atomic mass is 19.1. The molecule has 0 spiro atoms. The molecular weight excluding hydrogens is 527 g/mol. The quantitative estimate of drug-likeness (QED) is 0.298. The average molecular weight is 565 g/mol. The first kappa shape index (κ1) is 28.6. The van der Waals surface area contributed by atoms with Crippen LogP contribution in [0.15, 0.2) is 48.5 Å². The molecule has 0 radical (unpaired) electrons. The molecule has 2 aliphatic rings. The molecule has 5 rings (SSSR count). The van der Waals surface area contributed by atoms with Crippen molar-refractivity contribution in [2.45, 2.75) is 56.5 Å². The number of aromatic amines is 1. The fourth-order valence-corrected chi connectivity index (χ4v) is 6.50. The van der Waals surface area contributed by atoms with E-state index >= 15 is 0 Å². The smallest absolute Gasteiger partial charge is 0.352 e. The fourth-order valence-electron chi connectivity index (χ4n) is 6.50. The molecule has 3 atom stereocenters. The summed E-state index contributed by atoms with van der Waals surface area (Å²) in [6.07, 6.45) is 3.90. The van der Waals surface area contributed by atoms with Crippen LogP contribution in [0.5, 0.6) is 5.75 Å². The number of aromatic nitrogens is 1. The van der Waals surface area contributed by atoms with Gasteiger partial charge in [-0.25, -0.2) is 4.79 Å². The Morgan fingerprint density at radius 1 is 1.10 bits per heavy atom. The number of carboxylic acid groups (broad SMARTS) is 1. The Kier molecular flexibility index (Phi) is 8.58. The van der Waals surface area contributed by atoms with Crippen molar-refractivity contribution in [2.24, 2.45) is 17.6 Å². The number of fused-ring (bicyclic) bond motifs is 1. The Morgan fingerprint density at radius 2 is 1.83 bits per heavy atom. The topological polar surface area (TPSA) is 138 Å². The van der Waals surface area contributed by atoms with E-state index in [1.807, 2.05) is 24.3 Å². The molecule has 2 heterocycles. The Labute approximate surface area is 238 Å². The summed E-state index contributed by atoms with van der Waals surface area (Å²) < 4.78 is 18.1. The number of rotatable bonds is 9. The molecule has 10 heteroatoms. The van der Waals surface area contributed by atoms with Gasteiger partial charge in [-0.15, -0.1) is 0 Å². The second-order valence-electron chi connectivity index (χ2n) is 11.2. The molecule has 1 aliphatic heterocycles. The van der Waals surface area contributed by atoms with Gasteiger partial charge in [0.2, 0.25) is 11.8 Å². The molecule has 218 valence electrons. The highest BCUT2D eigenvalue weighted by molar-refractivity contribution is 6.01. The van der Waals surface area contributed by atoms with Crippen molar-refractivity contribution < 1.29 is 28.6 Å². The standard InChI is InChI=1S/C31H37FN4O5/c1-41-23-9-6-18(7-10-23)24-13-15-36(30(38)20-4-2-19(3-5-20)25(33)12-14-32)28(24)29(37)34-22-8-11-26-21(16-22)17-27(35-26)31(39)40/h6-11,16-17,19-20,24-25,28,35H,2-5,12-15,33H2,1H3,(H,34,37)(H,39,40)/t19-,20-,24-,25-,28+/m1/s1. The number of nitrogens with one attached hydrogen (secondary N) is 2. The molecule has 1 aliphatic carbocycles. The van der Waals surface area contributed by atoms with Crippen LogP contribution in [0.3, 0.4) is 0 Å². The summed E-state index contributed by atoms with van der Waals surface area (Å²) in [5, 5.41) is 13.0. The minimum atomic E-state index is -1.06. The molecular formula is C31H37FN4O5. The molecule has 9 nitrogen and oxygen atoms in total. The van der Waals surface area contributed by atoms with Crippen LogP contribution in [-0.4, -0.2) is 65.2 Å². The number of amides is 2. The molecule has 0 bridgehead atoms. The minimum absolute atomic E-state index is 0.0224. The van der Waals surface area contributed by atoms with Gasteiger partial charge in [-0.1, -0.05) is 12.1 Å². The number of anilines is 1. The minimum Gasteiger partial charge on any atom is -0.497 e. The highest BCUT2D eigenvalue weighted by Gasteiger charge is 2.44. The van der Waals surface area contributed by atoms with E-state index in [-0.39, 0.29) is 41.3 Å². The molecule has 2 fully saturated rings. The normalized spacial score (nSPS) is 23.3. The van der Waals surface area contributed by atoms with Crippen molar-refractivity contribution in [2.75, 3.05) is 25.6 Å². The number of carbonyl (C=O) groups is 3. The number of benzene rings is 2. The summed E-state index contributed by atoms with van der Waals surface area (Å²) in [7, 11) is 1.60. The number of carboxylic acids is 1. The Balaban J connectivity index is 1.37. The van der Waals surface area contributed by atoms with E-state index in [2.05, 4.69) is 10.3 Å². The number of halogens is 1. The molecule has 3 aromatic rings. The first-order valence-corrected chi connectivity index (χ1v) is 14.2. The van der Waals surface area contributed by atoms with Gasteiger partial charge in [0.25, 0.3) is 0 Å². The van der Waals surface area contributed by atoms with Gasteiger partial charge < -0.3 is 30.8 Å². The van der Waals surface area contributed by atoms with Crippen LogP contribution in [0, 0.1) is 11.8 Å². The first-order valence-electron chi connectivity index (χ1n) is 14.2. The van der Waals surface area contributed by atoms with E-state index in [1.165, 1.54) is 6.07 Å². The maximum absolute atomic E-state index is 13.9. The third-order valence-corrected chi connectivity index (χ3v) is 8.78. The summed E-state index contributed by atoms with van der Waals surface area (Å²) in [4.78, 5) is 43.7. The lowest BCUT2D eigenvalue weighted by atomic mass is 9.77. The molecule has 2 amide bonds. The van der Waals surface area contributed by atoms with E-state index in [0.717, 1.165) is 18.4 Å². The summed E-state index contributed by atoms with van der Waals surface area (Å²) >= 11 is 0. The van der Waals surface area contributed by atoms with Crippen LogP contribution in [0.1, 0.15) is 60.5 Å². The zero-order valence-corrected chi connectivity index (χ0v) is 23.1. The fraction of sp³-hybridized carbons (Fsp3) is 0.452. The summed E-state index contributed by atoms with van der Waals surface area (Å²) in [5.74, 6) is -0.844. The maximum atomic E-state index is 13.9. The number of H-pyrrole nitrogens is 1. The number of nitrogens with two attached hydrogens (primary N) is 1.